The SMILES string of the molecule is COC1CC(OC2C(C)OC(OC3CCC4(C)C(C=CC5C4CCC4(C)C5CCC4(O)C(C)O)C3)C(O)C2OC)OC(C)C1OC(C)=O. The van der Waals surface area contributed by atoms with Crippen molar-refractivity contribution >= 4 is 5.97 Å². The second-order valence-electron chi connectivity index (χ2n) is 16.3. The number of methoxy groups -OCH3 is 2. The number of hydrogen-bond acceptors (Lipinski definition) is 11. The summed E-state index contributed by atoms with van der Waals surface area (Å²) in [5, 5.41) is 33.6. The standard InChI is InChI=1S/C37H60O11/c1-19-31(46-22(4)39)28(42-7)18-29(44-19)48-32-20(2)45-34(30(40)33(32)43-8)47-24-11-14-35(5)23(17-24)9-10-25-26(35)12-15-36(6)27(25)13-16-37(36,41)21(3)38/h9-10,19-21,23-34,38,40-41H,11-18H2,1-8H3. The summed E-state index contributed by atoms with van der Waals surface area (Å²) in [5.74, 6) is 1.25. The lowest BCUT2D eigenvalue weighted by atomic mass is 9.46. The zero-order valence-corrected chi connectivity index (χ0v) is 30.1. The predicted octanol–water partition coefficient (Wildman–Crippen LogP) is 3.89. The van der Waals surface area contributed by atoms with Gasteiger partial charge in [0, 0.05) is 33.0 Å². The minimum Gasteiger partial charge on any atom is -0.457 e. The fourth-order valence-electron chi connectivity index (χ4n) is 11.0. The minimum atomic E-state index is -1.07. The molecular weight excluding hydrogens is 620 g/mol. The van der Waals surface area contributed by atoms with Crippen LogP contribution in [0.1, 0.15) is 92.9 Å². The quantitative estimate of drug-likeness (QED) is 0.254. The van der Waals surface area contributed by atoms with Gasteiger partial charge in [0.15, 0.2) is 18.7 Å². The largest absolute Gasteiger partial charge is 0.457 e. The van der Waals surface area contributed by atoms with Gasteiger partial charge in [0.1, 0.15) is 24.4 Å². The summed E-state index contributed by atoms with van der Waals surface area (Å²) in [5.41, 5.74) is -1.17. The zero-order valence-electron chi connectivity index (χ0n) is 30.1. The van der Waals surface area contributed by atoms with Gasteiger partial charge in [0.05, 0.1) is 30.0 Å². The fourth-order valence-corrected chi connectivity index (χ4v) is 11.0. The normalized spacial score (nSPS) is 52.6. The zero-order chi connectivity index (χ0) is 34.8. The topological polar surface area (TPSA) is 142 Å². The molecule has 0 aromatic heterocycles. The number of carbonyl (C=O) groups is 1. The highest BCUT2D eigenvalue weighted by Gasteiger charge is 2.65. The van der Waals surface area contributed by atoms with E-state index in [1.54, 1.807) is 21.1 Å². The first-order chi connectivity index (χ1) is 22.7. The van der Waals surface area contributed by atoms with Crippen molar-refractivity contribution in [3.8, 4) is 0 Å². The molecule has 48 heavy (non-hydrogen) atoms. The van der Waals surface area contributed by atoms with Gasteiger partial charge in [-0.1, -0.05) is 26.0 Å². The highest BCUT2D eigenvalue weighted by molar-refractivity contribution is 5.66. The first-order valence-electron chi connectivity index (χ1n) is 18.3. The third kappa shape index (κ3) is 6.11. The third-order valence-corrected chi connectivity index (χ3v) is 13.9. The molecule has 2 heterocycles. The van der Waals surface area contributed by atoms with Crippen LogP contribution in [0.3, 0.4) is 0 Å². The Morgan fingerprint density at radius 3 is 2.27 bits per heavy atom. The van der Waals surface area contributed by atoms with Crippen LogP contribution in [0.4, 0.5) is 0 Å². The average molecular weight is 681 g/mol. The number of fused-ring (bicyclic) bond motifs is 5. The van der Waals surface area contributed by atoms with E-state index in [4.69, 9.17) is 33.2 Å². The number of aliphatic hydroxyl groups is 3. The Labute approximate surface area is 285 Å². The molecule has 11 heteroatoms. The molecule has 274 valence electrons. The van der Waals surface area contributed by atoms with E-state index in [9.17, 15) is 20.1 Å². The summed E-state index contributed by atoms with van der Waals surface area (Å²) in [6.45, 7) is 11.5. The molecule has 4 aliphatic carbocycles. The summed E-state index contributed by atoms with van der Waals surface area (Å²) in [6.07, 6.45) is 4.86. The van der Waals surface area contributed by atoms with Crippen molar-refractivity contribution in [1.82, 2.24) is 0 Å². The Morgan fingerprint density at radius 1 is 0.896 bits per heavy atom. The van der Waals surface area contributed by atoms with Gasteiger partial charge in [-0.25, -0.2) is 0 Å². The number of aliphatic hydroxyl groups excluding tert-OH is 2. The first kappa shape index (κ1) is 36.6. The molecule has 0 aromatic carbocycles. The molecule has 0 aromatic rings. The number of ether oxygens (including phenoxy) is 7. The number of hydrogen-bond donors (Lipinski definition) is 3. The van der Waals surface area contributed by atoms with Crippen LogP contribution < -0.4 is 0 Å². The molecule has 3 N–H and O–H groups in total. The summed E-state index contributed by atoms with van der Waals surface area (Å²) < 4.78 is 42.1. The Morgan fingerprint density at radius 2 is 1.60 bits per heavy atom. The van der Waals surface area contributed by atoms with Crippen molar-refractivity contribution in [3.05, 3.63) is 12.2 Å². The highest BCUT2D eigenvalue weighted by Crippen LogP contribution is 2.67. The molecule has 0 bridgehead atoms. The highest BCUT2D eigenvalue weighted by atomic mass is 16.7. The van der Waals surface area contributed by atoms with Crippen molar-refractivity contribution in [2.45, 2.75) is 166 Å². The maximum atomic E-state index is 11.6. The summed E-state index contributed by atoms with van der Waals surface area (Å²) >= 11 is 0. The maximum absolute atomic E-state index is 11.6. The summed E-state index contributed by atoms with van der Waals surface area (Å²) in [6, 6.07) is 0. The van der Waals surface area contributed by atoms with E-state index < -0.39 is 73.0 Å². The Bertz CT molecular complexity index is 1180. The van der Waals surface area contributed by atoms with E-state index in [0.29, 0.717) is 36.5 Å². The van der Waals surface area contributed by atoms with Gasteiger partial charge >= 0.3 is 5.97 Å². The molecule has 2 saturated heterocycles. The lowest BCUT2D eigenvalue weighted by molar-refractivity contribution is -0.345. The molecule has 11 nitrogen and oxygen atoms in total. The van der Waals surface area contributed by atoms with E-state index in [1.165, 1.54) is 6.92 Å². The molecule has 2 aliphatic heterocycles. The van der Waals surface area contributed by atoms with Crippen LogP contribution in [0.25, 0.3) is 0 Å². The fraction of sp³-hybridized carbons (Fsp3) is 0.919. The van der Waals surface area contributed by atoms with Gasteiger partial charge in [0.25, 0.3) is 0 Å². The smallest absolute Gasteiger partial charge is 0.303 e. The Hall–Kier alpha value is -1.15. The molecule has 6 rings (SSSR count). The lowest BCUT2D eigenvalue weighted by Crippen LogP contribution is -2.61. The van der Waals surface area contributed by atoms with Crippen LogP contribution in [0.2, 0.25) is 0 Å². The van der Waals surface area contributed by atoms with Crippen LogP contribution in [0.15, 0.2) is 12.2 Å². The van der Waals surface area contributed by atoms with Crippen molar-refractivity contribution in [2.24, 2.45) is 34.5 Å². The van der Waals surface area contributed by atoms with Crippen LogP contribution in [-0.2, 0) is 38.0 Å². The lowest BCUT2D eigenvalue weighted by Gasteiger charge is -2.60. The summed E-state index contributed by atoms with van der Waals surface area (Å²) in [4.78, 5) is 11.6. The van der Waals surface area contributed by atoms with Gasteiger partial charge < -0.3 is 48.5 Å². The second kappa shape index (κ2) is 13.8. The van der Waals surface area contributed by atoms with Gasteiger partial charge in [-0.3, -0.25) is 4.79 Å². The number of carbonyl (C=O) groups excluding carboxylic acids is 1. The molecule has 3 saturated carbocycles. The van der Waals surface area contributed by atoms with E-state index in [0.717, 1.165) is 38.5 Å². The molecule has 6 aliphatic rings. The van der Waals surface area contributed by atoms with Crippen LogP contribution in [-0.4, -0.2) is 109 Å². The van der Waals surface area contributed by atoms with Crippen molar-refractivity contribution in [3.63, 3.8) is 0 Å². The molecule has 18 atom stereocenters. The predicted molar refractivity (Wildman–Crippen MR) is 174 cm³/mol. The monoisotopic (exact) mass is 680 g/mol. The number of esters is 1. The van der Waals surface area contributed by atoms with Crippen LogP contribution in [0.5, 0.6) is 0 Å². The van der Waals surface area contributed by atoms with Gasteiger partial charge in [-0.15, -0.1) is 0 Å². The molecule has 0 amide bonds. The third-order valence-electron chi connectivity index (χ3n) is 13.9. The number of rotatable bonds is 8. The van der Waals surface area contributed by atoms with E-state index in [-0.39, 0.29) is 16.9 Å². The molecule has 18 unspecified atom stereocenters. The number of allylic oxidation sites excluding steroid dienone is 2. The minimum absolute atomic E-state index is 0.0741. The Kier molecular flexibility index (Phi) is 10.5. The summed E-state index contributed by atoms with van der Waals surface area (Å²) in [7, 11) is 3.12. The molecular formula is C37H60O11. The van der Waals surface area contributed by atoms with Gasteiger partial charge in [0.2, 0.25) is 0 Å². The first-order valence-corrected chi connectivity index (χ1v) is 18.3. The molecule has 0 spiro atoms. The van der Waals surface area contributed by atoms with Crippen molar-refractivity contribution < 1.29 is 53.3 Å². The average Bonchev–Trinajstić information content (AvgIpc) is 3.32. The molecule has 0 radical (unpaired) electrons. The van der Waals surface area contributed by atoms with Crippen LogP contribution in [0, 0.1) is 34.5 Å². The van der Waals surface area contributed by atoms with E-state index >= 15 is 0 Å². The Balaban J connectivity index is 1.08. The maximum Gasteiger partial charge on any atom is 0.303 e. The van der Waals surface area contributed by atoms with Crippen LogP contribution >= 0.6 is 0 Å². The van der Waals surface area contributed by atoms with Gasteiger partial charge in [-0.05, 0) is 94.8 Å². The van der Waals surface area contributed by atoms with E-state index in [1.807, 2.05) is 13.8 Å². The van der Waals surface area contributed by atoms with Crippen molar-refractivity contribution in [2.75, 3.05) is 14.2 Å². The van der Waals surface area contributed by atoms with E-state index in [2.05, 4.69) is 26.0 Å². The molecule has 5 fully saturated rings. The van der Waals surface area contributed by atoms with Crippen molar-refractivity contribution in [1.29, 1.82) is 0 Å². The second-order valence-corrected chi connectivity index (χ2v) is 16.3. The van der Waals surface area contributed by atoms with Gasteiger partial charge in [-0.2, -0.15) is 0 Å².